The van der Waals surface area contributed by atoms with Gasteiger partial charge < -0.3 is 0 Å². The fraction of sp³-hybridized carbons (Fsp3) is 0.500. The molecule has 0 saturated heterocycles. The Kier molecular flexibility index (Phi) is 3.79. The molecule has 1 saturated carbocycles. The van der Waals surface area contributed by atoms with Crippen molar-refractivity contribution in [1.82, 2.24) is 0 Å². The van der Waals surface area contributed by atoms with Crippen LogP contribution in [0.15, 0.2) is 30.3 Å². The molecule has 1 atom stereocenters. The lowest BCUT2D eigenvalue weighted by Gasteiger charge is -2.26. The minimum atomic E-state index is -0.674. The summed E-state index contributed by atoms with van der Waals surface area (Å²) in [4.78, 5) is 17.6. The predicted octanol–water partition coefficient (Wildman–Crippen LogP) is 3.32. The monoisotopic (exact) mass is 233 g/mol. The van der Waals surface area contributed by atoms with Crippen LogP contribution < -0.4 is 5.48 Å². The van der Waals surface area contributed by atoms with Crippen LogP contribution in [-0.4, -0.2) is 11.4 Å². The van der Waals surface area contributed by atoms with Gasteiger partial charge in [0.25, 0.3) is 0 Å². The molecule has 0 aromatic heterocycles. The average molecular weight is 233 g/mol. The first-order valence-corrected chi connectivity index (χ1v) is 6.23. The molecule has 3 nitrogen and oxygen atoms in total. The van der Waals surface area contributed by atoms with Crippen LogP contribution in [0.5, 0.6) is 0 Å². The quantitative estimate of drug-likeness (QED) is 0.643. The average Bonchev–Trinajstić information content (AvgIpc) is 2.52. The summed E-state index contributed by atoms with van der Waals surface area (Å²) < 4.78 is 0. The lowest BCUT2D eigenvalue weighted by Crippen LogP contribution is -2.39. The van der Waals surface area contributed by atoms with Gasteiger partial charge in [-0.05, 0) is 31.9 Å². The standard InChI is InChI=1S/C14H19NO2/c1-14(11-7-3-6-10-13(14)16)17-15-12-8-4-2-5-9-12/h2,4-5,8-9,15H,3,6-7,10-11H2,1H3. The summed E-state index contributed by atoms with van der Waals surface area (Å²) >= 11 is 0. The number of hydrogen-bond donors (Lipinski definition) is 1. The highest BCUT2D eigenvalue weighted by Crippen LogP contribution is 2.27. The van der Waals surface area contributed by atoms with E-state index in [2.05, 4.69) is 5.48 Å². The van der Waals surface area contributed by atoms with Gasteiger partial charge in [-0.3, -0.25) is 15.1 Å². The first-order chi connectivity index (χ1) is 8.21. The highest BCUT2D eigenvalue weighted by molar-refractivity contribution is 5.87. The molecule has 1 unspecified atom stereocenters. The highest BCUT2D eigenvalue weighted by Gasteiger charge is 2.35. The largest absolute Gasteiger partial charge is 0.296 e. The van der Waals surface area contributed by atoms with Gasteiger partial charge in [0.05, 0.1) is 5.69 Å². The molecule has 1 aliphatic rings. The summed E-state index contributed by atoms with van der Waals surface area (Å²) in [5.41, 5.74) is 3.10. The van der Waals surface area contributed by atoms with Crippen molar-refractivity contribution in [3.8, 4) is 0 Å². The number of ketones is 1. The molecule has 0 spiro atoms. The third kappa shape index (κ3) is 3.07. The van der Waals surface area contributed by atoms with E-state index in [9.17, 15) is 4.79 Å². The van der Waals surface area contributed by atoms with Gasteiger partial charge in [-0.15, -0.1) is 0 Å². The van der Waals surface area contributed by atoms with Crippen molar-refractivity contribution in [3.63, 3.8) is 0 Å². The van der Waals surface area contributed by atoms with E-state index in [0.717, 1.165) is 31.4 Å². The normalized spacial score (nSPS) is 25.4. The molecular weight excluding hydrogens is 214 g/mol. The lowest BCUT2D eigenvalue weighted by molar-refractivity contribution is -0.139. The number of Topliss-reactive ketones (excluding diaryl/α,β-unsaturated/α-hetero) is 1. The Morgan fingerprint density at radius 3 is 2.71 bits per heavy atom. The van der Waals surface area contributed by atoms with Crippen LogP contribution >= 0.6 is 0 Å². The van der Waals surface area contributed by atoms with E-state index in [1.807, 2.05) is 37.3 Å². The topological polar surface area (TPSA) is 38.3 Å². The maximum atomic E-state index is 12.0. The van der Waals surface area contributed by atoms with E-state index in [4.69, 9.17) is 4.84 Å². The first kappa shape index (κ1) is 12.1. The summed E-state index contributed by atoms with van der Waals surface area (Å²) in [7, 11) is 0. The summed E-state index contributed by atoms with van der Waals surface area (Å²) in [5, 5.41) is 0. The van der Waals surface area contributed by atoms with Crippen molar-refractivity contribution in [2.24, 2.45) is 0 Å². The molecule has 1 fully saturated rings. The molecule has 0 radical (unpaired) electrons. The van der Waals surface area contributed by atoms with Crippen molar-refractivity contribution in [2.75, 3.05) is 5.48 Å². The van der Waals surface area contributed by atoms with E-state index in [1.54, 1.807) is 0 Å². The van der Waals surface area contributed by atoms with E-state index < -0.39 is 5.60 Å². The smallest absolute Gasteiger partial charge is 0.167 e. The number of carbonyl (C=O) groups excluding carboxylic acids is 1. The number of hydrogen-bond acceptors (Lipinski definition) is 3. The van der Waals surface area contributed by atoms with E-state index in [1.165, 1.54) is 0 Å². The minimum Gasteiger partial charge on any atom is -0.296 e. The molecule has 0 aliphatic heterocycles. The molecule has 0 bridgehead atoms. The van der Waals surface area contributed by atoms with E-state index in [-0.39, 0.29) is 5.78 Å². The maximum absolute atomic E-state index is 12.0. The highest BCUT2D eigenvalue weighted by atomic mass is 16.7. The molecular formula is C14H19NO2. The number of nitrogens with one attached hydrogen (secondary N) is 1. The van der Waals surface area contributed by atoms with Crippen LogP contribution in [0.2, 0.25) is 0 Å². The Morgan fingerprint density at radius 2 is 1.94 bits per heavy atom. The molecule has 3 heteroatoms. The summed E-state index contributed by atoms with van der Waals surface area (Å²) in [6.07, 6.45) is 4.59. The van der Waals surface area contributed by atoms with Crippen molar-refractivity contribution in [1.29, 1.82) is 0 Å². The molecule has 1 N–H and O–H groups in total. The van der Waals surface area contributed by atoms with E-state index >= 15 is 0 Å². The summed E-state index contributed by atoms with van der Waals surface area (Å²) in [6.45, 7) is 1.89. The molecule has 1 aliphatic carbocycles. The van der Waals surface area contributed by atoms with Gasteiger partial charge in [-0.1, -0.05) is 31.0 Å². The number of anilines is 1. The Labute approximate surface area is 102 Å². The Balaban J connectivity index is 1.98. The van der Waals surface area contributed by atoms with Gasteiger partial charge in [-0.25, -0.2) is 0 Å². The van der Waals surface area contributed by atoms with Crippen molar-refractivity contribution < 1.29 is 9.63 Å². The molecule has 92 valence electrons. The van der Waals surface area contributed by atoms with Gasteiger partial charge in [0, 0.05) is 6.42 Å². The zero-order valence-corrected chi connectivity index (χ0v) is 10.2. The predicted molar refractivity (Wildman–Crippen MR) is 67.6 cm³/mol. The van der Waals surface area contributed by atoms with Gasteiger partial charge >= 0.3 is 0 Å². The molecule has 1 aromatic carbocycles. The molecule has 0 amide bonds. The molecule has 0 heterocycles. The number of para-hydroxylation sites is 1. The fourth-order valence-corrected chi connectivity index (χ4v) is 2.11. The maximum Gasteiger partial charge on any atom is 0.167 e. The van der Waals surface area contributed by atoms with Crippen LogP contribution in [0.25, 0.3) is 0 Å². The van der Waals surface area contributed by atoms with Crippen LogP contribution in [-0.2, 0) is 9.63 Å². The zero-order chi connectivity index (χ0) is 12.1. The Morgan fingerprint density at radius 1 is 1.18 bits per heavy atom. The number of carbonyl (C=O) groups is 1. The second-order valence-corrected chi connectivity index (χ2v) is 4.78. The Bertz CT molecular complexity index is 377. The van der Waals surface area contributed by atoms with Gasteiger partial charge in [0.15, 0.2) is 11.4 Å². The van der Waals surface area contributed by atoms with Crippen molar-refractivity contribution in [2.45, 2.75) is 44.6 Å². The summed E-state index contributed by atoms with van der Waals surface area (Å²) in [6, 6.07) is 9.66. The minimum absolute atomic E-state index is 0.207. The van der Waals surface area contributed by atoms with Gasteiger partial charge in [0.2, 0.25) is 0 Å². The second-order valence-electron chi connectivity index (χ2n) is 4.78. The van der Waals surface area contributed by atoms with E-state index in [0.29, 0.717) is 6.42 Å². The van der Waals surface area contributed by atoms with Crippen LogP contribution in [0, 0.1) is 0 Å². The van der Waals surface area contributed by atoms with Gasteiger partial charge in [-0.2, -0.15) is 0 Å². The van der Waals surface area contributed by atoms with Crippen LogP contribution in [0.4, 0.5) is 5.69 Å². The first-order valence-electron chi connectivity index (χ1n) is 6.23. The lowest BCUT2D eigenvalue weighted by atomic mass is 9.96. The third-order valence-electron chi connectivity index (χ3n) is 3.32. The van der Waals surface area contributed by atoms with Crippen molar-refractivity contribution in [3.05, 3.63) is 30.3 Å². The third-order valence-corrected chi connectivity index (χ3v) is 3.32. The summed E-state index contributed by atoms with van der Waals surface area (Å²) in [5.74, 6) is 0.207. The molecule has 1 aromatic rings. The molecule has 17 heavy (non-hydrogen) atoms. The molecule has 2 rings (SSSR count). The fourth-order valence-electron chi connectivity index (χ4n) is 2.11. The van der Waals surface area contributed by atoms with Crippen LogP contribution in [0.1, 0.15) is 39.0 Å². The second kappa shape index (κ2) is 5.32. The number of benzene rings is 1. The van der Waals surface area contributed by atoms with Crippen molar-refractivity contribution >= 4 is 11.5 Å². The van der Waals surface area contributed by atoms with Crippen LogP contribution in [0.3, 0.4) is 0 Å². The zero-order valence-electron chi connectivity index (χ0n) is 10.2. The number of rotatable bonds is 3. The Hall–Kier alpha value is -1.35. The SMILES string of the molecule is CC1(ONc2ccccc2)CCCCCC1=O. The van der Waals surface area contributed by atoms with Gasteiger partial charge in [0.1, 0.15) is 0 Å².